The fourth-order valence-electron chi connectivity index (χ4n) is 6.90. The van der Waals surface area contributed by atoms with Crippen molar-refractivity contribution in [1.82, 2.24) is 21.1 Å². The van der Waals surface area contributed by atoms with Crippen LogP contribution in [0.1, 0.15) is 64.4 Å². The van der Waals surface area contributed by atoms with Crippen LogP contribution in [-0.4, -0.2) is 48.9 Å². The highest BCUT2D eigenvalue weighted by Crippen LogP contribution is 2.49. The van der Waals surface area contributed by atoms with Gasteiger partial charge in [-0.25, -0.2) is 5.43 Å². The summed E-state index contributed by atoms with van der Waals surface area (Å²) in [6.45, 7) is 11.8. The molecule has 39 heavy (non-hydrogen) atoms. The number of carbonyl (C=O) groups excluding carboxylic acids is 2. The number of carbonyl (C=O) groups is 2. The summed E-state index contributed by atoms with van der Waals surface area (Å²) >= 11 is 0. The molecule has 1 saturated carbocycles. The second kappa shape index (κ2) is 10.5. The fraction of sp³-hybridized carbons (Fsp3) is 0.419. The number of aryl methyl sites for hydroxylation is 2. The van der Waals surface area contributed by atoms with Crippen LogP contribution in [0.4, 0.5) is 0 Å². The van der Waals surface area contributed by atoms with E-state index in [4.69, 9.17) is 11.5 Å². The minimum atomic E-state index is -1.01. The highest BCUT2D eigenvalue weighted by molar-refractivity contribution is 5.95. The molecule has 0 bridgehead atoms. The van der Waals surface area contributed by atoms with E-state index in [0.717, 1.165) is 39.4 Å². The van der Waals surface area contributed by atoms with E-state index < -0.39 is 11.3 Å². The van der Waals surface area contributed by atoms with Crippen LogP contribution >= 0.6 is 0 Å². The average Bonchev–Trinajstić information content (AvgIpc) is 3.60. The molecular formula is C31H40N6O2. The van der Waals surface area contributed by atoms with Gasteiger partial charge in [0.25, 0.3) is 0 Å². The summed E-state index contributed by atoms with van der Waals surface area (Å²) in [5, 5.41) is 3.58. The van der Waals surface area contributed by atoms with E-state index in [0.29, 0.717) is 55.7 Å². The van der Waals surface area contributed by atoms with Crippen molar-refractivity contribution in [2.45, 2.75) is 56.5 Å². The standard InChI is InChI=1S/C31H40N6O2/c1-18-13-25-16-28(25)37(18)19(2)17-35-12-11-31(30(39)36-34-4)26-9-7-21(20(3)32)14-22(26)5-6-23-15-24(29(33)38)8-10-27(23)31/h7-10,14-15,18,25,28,34-35H,2-3,5-6,11-13,16-17,32H2,1,4H3,(H2,33,38)(H,36,39)/t18?,25-,28+,31?/m1/s1. The third-order valence-corrected chi connectivity index (χ3v) is 8.81. The minimum absolute atomic E-state index is 0.157. The molecule has 0 aromatic heterocycles. The maximum atomic E-state index is 14.1. The Kier molecular flexibility index (Phi) is 7.27. The van der Waals surface area contributed by atoms with Crippen LogP contribution < -0.4 is 27.6 Å². The number of amides is 2. The van der Waals surface area contributed by atoms with Crippen LogP contribution in [-0.2, 0) is 23.1 Å². The van der Waals surface area contributed by atoms with Crippen LogP contribution in [0.2, 0.25) is 0 Å². The third-order valence-electron chi connectivity index (χ3n) is 8.81. The number of hydrogen-bond acceptors (Lipinski definition) is 6. The number of primary amides is 1. The maximum absolute atomic E-state index is 14.1. The van der Waals surface area contributed by atoms with Crippen molar-refractivity contribution in [1.29, 1.82) is 0 Å². The van der Waals surface area contributed by atoms with E-state index in [1.807, 2.05) is 30.3 Å². The quantitative estimate of drug-likeness (QED) is 0.238. The molecule has 5 rings (SSSR count). The summed E-state index contributed by atoms with van der Waals surface area (Å²) < 4.78 is 0. The van der Waals surface area contributed by atoms with Crippen molar-refractivity contribution < 1.29 is 9.59 Å². The monoisotopic (exact) mass is 528 g/mol. The Bertz CT molecular complexity index is 1270. The van der Waals surface area contributed by atoms with Crippen LogP contribution in [0.15, 0.2) is 55.3 Å². The van der Waals surface area contributed by atoms with Crippen molar-refractivity contribution in [3.8, 4) is 0 Å². The van der Waals surface area contributed by atoms with E-state index in [1.165, 1.54) is 12.8 Å². The summed E-state index contributed by atoms with van der Waals surface area (Å²) in [7, 11) is 1.69. The van der Waals surface area contributed by atoms with Gasteiger partial charge in [-0.1, -0.05) is 31.4 Å². The second-order valence-electron chi connectivity index (χ2n) is 11.3. The van der Waals surface area contributed by atoms with Crippen LogP contribution in [0.25, 0.3) is 5.70 Å². The predicted molar refractivity (Wildman–Crippen MR) is 154 cm³/mol. The average molecular weight is 529 g/mol. The van der Waals surface area contributed by atoms with Gasteiger partial charge in [-0.05, 0) is 97.5 Å². The van der Waals surface area contributed by atoms with Gasteiger partial charge in [-0.15, -0.1) is 0 Å². The summed E-state index contributed by atoms with van der Waals surface area (Å²) in [5.74, 6) is 0.181. The minimum Gasteiger partial charge on any atom is -0.399 e. The summed E-state index contributed by atoms with van der Waals surface area (Å²) in [4.78, 5) is 28.6. The molecule has 2 aliphatic carbocycles. The maximum Gasteiger partial charge on any atom is 0.249 e. The normalized spacial score (nSPS) is 24.7. The lowest BCUT2D eigenvalue weighted by molar-refractivity contribution is -0.126. The third kappa shape index (κ3) is 4.83. The number of hydrogen-bond donors (Lipinski definition) is 5. The molecular weight excluding hydrogens is 488 g/mol. The molecule has 7 N–H and O–H groups in total. The van der Waals surface area contributed by atoms with Gasteiger partial charge in [-0.3, -0.25) is 15.0 Å². The Morgan fingerprint density at radius 1 is 1.03 bits per heavy atom. The number of nitrogens with two attached hydrogens (primary N) is 2. The molecule has 0 spiro atoms. The first-order valence-electron chi connectivity index (χ1n) is 13.8. The number of benzene rings is 2. The molecule has 2 fully saturated rings. The molecule has 3 aliphatic rings. The zero-order valence-corrected chi connectivity index (χ0v) is 23.0. The number of hydrazine groups is 1. The Hall–Kier alpha value is -3.62. The highest BCUT2D eigenvalue weighted by Gasteiger charge is 2.50. The summed E-state index contributed by atoms with van der Waals surface area (Å²) in [6.07, 6.45) is 4.39. The van der Waals surface area contributed by atoms with Gasteiger partial charge in [0.1, 0.15) is 5.41 Å². The molecule has 1 heterocycles. The van der Waals surface area contributed by atoms with Crippen molar-refractivity contribution in [3.63, 3.8) is 0 Å². The first kappa shape index (κ1) is 27.0. The molecule has 1 saturated heterocycles. The molecule has 2 unspecified atom stereocenters. The molecule has 2 aromatic rings. The molecule has 2 aromatic carbocycles. The van der Waals surface area contributed by atoms with E-state index in [-0.39, 0.29) is 5.91 Å². The SMILES string of the molecule is C=C(N)c1ccc2c(c1)CCc1cc(C(N)=O)ccc1C2(CCNCC(=C)N1C(C)C[C@@H]2C[C@@H]21)C(=O)NNC. The smallest absolute Gasteiger partial charge is 0.249 e. The largest absolute Gasteiger partial charge is 0.399 e. The first-order chi connectivity index (χ1) is 18.7. The van der Waals surface area contributed by atoms with Gasteiger partial charge in [0, 0.05) is 42.6 Å². The lowest BCUT2D eigenvalue weighted by atomic mass is 9.69. The van der Waals surface area contributed by atoms with Crippen LogP contribution in [0, 0.1) is 5.92 Å². The van der Waals surface area contributed by atoms with Crippen molar-refractivity contribution in [2.75, 3.05) is 20.1 Å². The van der Waals surface area contributed by atoms with E-state index >= 15 is 0 Å². The summed E-state index contributed by atoms with van der Waals surface area (Å²) in [5.41, 5.74) is 23.0. The van der Waals surface area contributed by atoms with E-state index in [2.05, 4.69) is 41.1 Å². The predicted octanol–water partition coefficient (Wildman–Crippen LogP) is 2.33. The zero-order chi connectivity index (χ0) is 27.9. The molecule has 2 amide bonds. The fourth-order valence-corrected chi connectivity index (χ4v) is 6.90. The number of fused-ring (bicyclic) bond motifs is 3. The lowest BCUT2D eigenvalue weighted by Gasteiger charge is -2.36. The number of nitrogens with zero attached hydrogens (tertiary/aromatic N) is 1. The van der Waals surface area contributed by atoms with Crippen LogP contribution in [0.3, 0.4) is 0 Å². The Labute approximate surface area is 230 Å². The lowest BCUT2D eigenvalue weighted by Crippen LogP contribution is -2.51. The van der Waals surface area contributed by atoms with E-state index in [1.54, 1.807) is 13.1 Å². The van der Waals surface area contributed by atoms with Crippen molar-refractivity contribution in [2.24, 2.45) is 17.4 Å². The summed E-state index contributed by atoms with van der Waals surface area (Å²) in [6, 6.07) is 12.6. The number of likely N-dealkylation sites (tertiary alicyclic amines) is 1. The second-order valence-corrected chi connectivity index (χ2v) is 11.3. The van der Waals surface area contributed by atoms with Gasteiger partial charge in [0.05, 0.1) is 0 Å². The molecule has 1 aliphatic heterocycles. The van der Waals surface area contributed by atoms with Gasteiger partial charge in [-0.2, -0.15) is 0 Å². The van der Waals surface area contributed by atoms with Crippen molar-refractivity contribution in [3.05, 3.63) is 88.6 Å². The molecule has 8 heteroatoms. The highest BCUT2D eigenvalue weighted by atomic mass is 16.2. The molecule has 4 atom stereocenters. The van der Waals surface area contributed by atoms with E-state index in [9.17, 15) is 9.59 Å². The van der Waals surface area contributed by atoms with Gasteiger partial charge >= 0.3 is 0 Å². The number of rotatable bonds is 10. The van der Waals surface area contributed by atoms with Crippen molar-refractivity contribution >= 4 is 17.5 Å². The van der Waals surface area contributed by atoms with Gasteiger partial charge in [0.2, 0.25) is 11.8 Å². The number of piperidine rings is 1. The molecule has 0 radical (unpaired) electrons. The Balaban J connectivity index is 1.51. The van der Waals surface area contributed by atoms with Gasteiger partial charge < -0.3 is 21.7 Å². The molecule has 8 nitrogen and oxygen atoms in total. The Morgan fingerprint density at radius 2 is 1.67 bits per heavy atom. The zero-order valence-electron chi connectivity index (χ0n) is 23.0. The molecule has 206 valence electrons. The van der Waals surface area contributed by atoms with Crippen LogP contribution in [0.5, 0.6) is 0 Å². The topological polar surface area (TPSA) is 126 Å². The first-order valence-corrected chi connectivity index (χ1v) is 13.8. The Morgan fingerprint density at radius 3 is 2.23 bits per heavy atom. The number of nitrogens with one attached hydrogen (secondary N) is 3. The van der Waals surface area contributed by atoms with Gasteiger partial charge in [0.15, 0.2) is 0 Å².